The highest BCUT2D eigenvalue weighted by Crippen LogP contribution is 2.32. The topological polar surface area (TPSA) is 90.4 Å². The summed E-state index contributed by atoms with van der Waals surface area (Å²) in [7, 11) is 0. The van der Waals surface area contributed by atoms with Crippen molar-refractivity contribution in [1.82, 2.24) is 9.55 Å². The van der Waals surface area contributed by atoms with E-state index in [1.807, 2.05) is 6.92 Å². The standard InChI is InChI=1S/C13H18N2O5/c1-7-4-12(20-10(7)6-19-9(3)16)15-8(2)5-11(17)14-13(15)18/h5,7,10,12H,4,6H2,1-3H3,(H,14,17,18)/t7-,10-,12-/m1/s1. The predicted molar refractivity (Wildman–Crippen MR) is 70.4 cm³/mol. The summed E-state index contributed by atoms with van der Waals surface area (Å²) in [5, 5.41) is 0. The SMILES string of the molecule is CC(=O)OC[C@H]1O[C@@H](n2c(C)cc(=O)[nH]c2=O)C[C@H]1C. The van der Waals surface area contributed by atoms with Crippen LogP contribution in [0.1, 0.15) is 32.2 Å². The Balaban J connectivity index is 2.18. The first kappa shape index (κ1) is 14.5. The molecule has 0 unspecified atom stereocenters. The molecule has 0 spiro atoms. The molecule has 7 heteroatoms. The van der Waals surface area contributed by atoms with Gasteiger partial charge in [0.15, 0.2) is 0 Å². The van der Waals surface area contributed by atoms with Gasteiger partial charge in [-0.05, 0) is 19.3 Å². The summed E-state index contributed by atoms with van der Waals surface area (Å²) in [6.07, 6.45) is -0.0735. The molecule has 0 amide bonds. The van der Waals surface area contributed by atoms with Gasteiger partial charge in [-0.1, -0.05) is 6.92 Å². The molecule has 0 radical (unpaired) electrons. The summed E-state index contributed by atoms with van der Waals surface area (Å²) in [6.45, 7) is 5.17. The van der Waals surface area contributed by atoms with Gasteiger partial charge >= 0.3 is 11.7 Å². The number of nitrogens with one attached hydrogen (secondary N) is 1. The third-order valence-corrected chi connectivity index (χ3v) is 3.45. The molecule has 1 fully saturated rings. The molecular weight excluding hydrogens is 264 g/mol. The van der Waals surface area contributed by atoms with Crippen LogP contribution in [0.15, 0.2) is 15.7 Å². The minimum Gasteiger partial charge on any atom is -0.463 e. The van der Waals surface area contributed by atoms with Crippen molar-refractivity contribution >= 4 is 5.97 Å². The van der Waals surface area contributed by atoms with Gasteiger partial charge in [0.05, 0.1) is 6.10 Å². The van der Waals surface area contributed by atoms with Crippen molar-refractivity contribution < 1.29 is 14.3 Å². The van der Waals surface area contributed by atoms with Crippen LogP contribution in [0, 0.1) is 12.8 Å². The fourth-order valence-corrected chi connectivity index (χ4v) is 2.41. The molecule has 0 bridgehead atoms. The van der Waals surface area contributed by atoms with Crippen LogP contribution in [-0.2, 0) is 14.3 Å². The Hall–Kier alpha value is -1.89. The zero-order valence-electron chi connectivity index (χ0n) is 11.7. The number of nitrogens with zero attached hydrogens (tertiary/aromatic N) is 1. The van der Waals surface area contributed by atoms with Crippen LogP contribution in [0.3, 0.4) is 0 Å². The van der Waals surface area contributed by atoms with Gasteiger partial charge in [-0.2, -0.15) is 0 Å². The Bertz CT molecular complexity index is 618. The highest BCUT2D eigenvalue weighted by atomic mass is 16.6. The van der Waals surface area contributed by atoms with E-state index in [4.69, 9.17) is 9.47 Å². The number of rotatable bonds is 3. The van der Waals surface area contributed by atoms with Crippen molar-refractivity contribution in [2.75, 3.05) is 6.61 Å². The number of aryl methyl sites for hydroxylation is 1. The van der Waals surface area contributed by atoms with Crippen LogP contribution < -0.4 is 11.2 Å². The lowest BCUT2D eigenvalue weighted by molar-refractivity contribution is -0.146. The zero-order valence-corrected chi connectivity index (χ0v) is 11.7. The predicted octanol–water partition coefficient (Wildman–Crippen LogP) is 0.332. The van der Waals surface area contributed by atoms with E-state index >= 15 is 0 Å². The van der Waals surface area contributed by atoms with E-state index in [1.165, 1.54) is 17.6 Å². The van der Waals surface area contributed by atoms with Crippen LogP contribution in [0.5, 0.6) is 0 Å². The maximum absolute atomic E-state index is 11.9. The van der Waals surface area contributed by atoms with Crippen LogP contribution in [0.25, 0.3) is 0 Å². The van der Waals surface area contributed by atoms with Gasteiger partial charge in [0, 0.05) is 18.7 Å². The third-order valence-electron chi connectivity index (χ3n) is 3.45. The van der Waals surface area contributed by atoms with Crippen LogP contribution in [0.2, 0.25) is 0 Å². The second-order valence-corrected chi connectivity index (χ2v) is 5.09. The Morgan fingerprint density at radius 3 is 2.85 bits per heavy atom. The van der Waals surface area contributed by atoms with Gasteiger partial charge < -0.3 is 9.47 Å². The molecule has 1 aliphatic heterocycles. The first-order valence-corrected chi connectivity index (χ1v) is 6.49. The van der Waals surface area contributed by atoms with Crippen molar-refractivity contribution in [2.24, 2.45) is 5.92 Å². The number of carbonyl (C=O) groups is 1. The lowest BCUT2D eigenvalue weighted by Crippen LogP contribution is -2.34. The molecule has 1 saturated heterocycles. The lowest BCUT2D eigenvalue weighted by atomic mass is 10.0. The molecule has 110 valence electrons. The number of hydrogen-bond acceptors (Lipinski definition) is 5. The normalized spacial score (nSPS) is 25.6. The average Bonchev–Trinajstić information content (AvgIpc) is 2.66. The molecule has 0 saturated carbocycles. The summed E-state index contributed by atoms with van der Waals surface area (Å²) in [5.41, 5.74) is -0.365. The maximum atomic E-state index is 11.9. The third kappa shape index (κ3) is 2.98. The van der Waals surface area contributed by atoms with Crippen molar-refractivity contribution in [3.05, 3.63) is 32.6 Å². The zero-order chi connectivity index (χ0) is 14.9. The number of esters is 1. The molecule has 7 nitrogen and oxygen atoms in total. The van der Waals surface area contributed by atoms with Gasteiger partial charge in [-0.3, -0.25) is 19.1 Å². The van der Waals surface area contributed by atoms with E-state index in [1.54, 1.807) is 6.92 Å². The molecular formula is C13H18N2O5. The number of aromatic nitrogens is 2. The van der Waals surface area contributed by atoms with Gasteiger partial charge in [0.2, 0.25) is 0 Å². The minimum absolute atomic E-state index is 0.151. The highest BCUT2D eigenvalue weighted by molar-refractivity contribution is 5.65. The number of ether oxygens (including phenoxy) is 2. The molecule has 0 aliphatic carbocycles. The smallest absolute Gasteiger partial charge is 0.330 e. The second-order valence-electron chi connectivity index (χ2n) is 5.09. The van der Waals surface area contributed by atoms with E-state index in [9.17, 15) is 14.4 Å². The summed E-state index contributed by atoms with van der Waals surface area (Å²) in [4.78, 5) is 36.1. The Morgan fingerprint density at radius 1 is 1.55 bits per heavy atom. The number of H-pyrrole nitrogens is 1. The molecule has 1 aliphatic rings. The first-order chi connectivity index (χ1) is 9.38. The number of hydrogen-bond donors (Lipinski definition) is 1. The molecule has 2 heterocycles. The summed E-state index contributed by atoms with van der Waals surface area (Å²) < 4.78 is 12.1. The summed E-state index contributed by atoms with van der Waals surface area (Å²) >= 11 is 0. The van der Waals surface area contributed by atoms with Gasteiger partial charge in [0.1, 0.15) is 12.8 Å². The first-order valence-electron chi connectivity index (χ1n) is 6.49. The van der Waals surface area contributed by atoms with Crippen LogP contribution in [0.4, 0.5) is 0 Å². The molecule has 3 atom stereocenters. The highest BCUT2D eigenvalue weighted by Gasteiger charge is 2.35. The monoisotopic (exact) mass is 282 g/mol. The van der Waals surface area contributed by atoms with Crippen molar-refractivity contribution in [2.45, 2.75) is 39.5 Å². The van der Waals surface area contributed by atoms with E-state index in [2.05, 4.69) is 4.98 Å². The second kappa shape index (κ2) is 5.62. The summed E-state index contributed by atoms with van der Waals surface area (Å²) in [5.74, 6) is -0.209. The number of carbonyl (C=O) groups excluding carboxylic acids is 1. The largest absolute Gasteiger partial charge is 0.463 e. The molecule has 1 N–H and O–H groups in total. The summed E-state index contributed by atoms with van der Waals surface area (Å²) in [6, 6.07) is 1.36. The quantitative estimate of drug-likeness (QED) is 0.807. The number of aromatic amines is 1. The average molecular weight is 282 g/mol. The Kier molecular flexibility index (Phi) is 4.08. The minimum atomic E-state index is -0.486. The maximum Gasteiger partial charge on any atom is 0.330 e. The van der Waals surface area contributed by atoms with Gasteiger partial charge in [-0.15, -0.1) is 0 Å². The fraction of sp³-hybridized carbons (Fsp3) is 0.615. The molecule has 1 aromatic rings. The van der Waals surface area contributed by atoms with Gasteiger partial charge in [-0.25, -0.2) is 4.79 Å². The van der Waals surface area contributed by atoms with Crippen LogP contribution >= 0.6 is 0 Å². The molecule has 20 heavy (non-hydrogen) atoms. The Labute approximate surface area is 115 Å². The fourth-order valence-electron chi connectivity index (χ4n) is 2.41. The van der Waals surface area contributed by atoms with E-state index < -0.39 is 17.5 Å². The molecule has 2 rings (SSSR count). The van der Waals surface area contributed by atoms with Crippen molar-refractivity contribution in [3.8, 4) is 0 Å². The van der Waals surface area contributed by atoms with E-state index in [-0.39, 0.29) is 24.6 Å². The van der Waals surface area contributed by atoms with Crippen molar-refractivity contribution in [1.29, 1.82) is 0 Å². The van der Waals surface area contributed by atoms with Gasteiger partial charge in [0.25, 0.3) is 5.56 Å². The van der Waals surface area contributed by atoms with Crippen molar-refractivity contribution in [3.63, 3.8) is 0 Å². The molecule has 1 aromatic heterocycles. The lowest BCUT2D eigenvalue weighted by Gasteiger charge is -2.17. The molecule has 0 aromatic carbocycles. The van der Waals surface area contributed by atoms with E-state index in [0.717, 1.165) is 0 Å². The van der Waals surface area contributed by atoms with Crippen LogP contribution in [-0.4, -0.2) is 28.2 Å². The Morgan fingerprint density at radius 2 is 2.25 bits per heavy atom. The van der Waals surface area contributed by atoms with E-state index in [0.29, 0.717) is 12.1 Å².